The zero-order valence-corrected chi connectivity index (χ0v) is 16.6. The van der Waals surface area contributed by atoms with Crippen LogP contribution in [0.25, 0.3) is 0 Å². The Morgan fingerprint density at radius 1 is 0.933 bits per heavy atom. The molecule has 1 N–H and O–H groups in total. The van der Waals surface area contributed by atoms with Gasteiger partial charge < -0.3 is 9.94 Å². The molecule has 2 aromatic carbocycles. The van der Waals surface area contributed by atoms with E-state index in [-0.39, 0.29) is 41.8 Å². The quantitative estimate of drug-likeness (QED) is 0.599. The standard InChI is InChI=1S/C22H22F2N2O4/c1-14(2)20-19(11-15-3-7-17(23)8-4-15)21(27)26(29)22(28)25(20)13-30-12-16-5-9-18(24)10-6-16/h3-10,14,29H,11-13H2,1-2H3. The van der Waals surface area contributed by atoms with Crippen LogP contribution in [0.15, 0.2) is 58.1 Å². The van der Waals surface area contributed by atoms with E-state index in [2.05, 4.69) is 0 Å². The minimum absolute atomic E-state index is 0.0615. The number of ether oxygens (including phenoxy) is 1. The highest BCUT2D eigenvalue weighted by molar-refractivity contribution is 5.29. The Bertz CT molecular complexity index is 1130. The van der Waals surface area contributed by atoms with Crippen molar-refractivity contribution >= 4 is 0 Å². The van der Waals surface area contributed by atoms with Crippen molar-refractivity contribution < 1.29 is 18.7 Å². The van der Waals surface area contributed by atoms with Gasteiger partial charge in [-0.1, -0.05) is 42.8 Å². The van der Waals surface area contributed by atoms with Gasteiger partial charge in [-0.25, -0.2) is 13.6 Å². The van der Waals surface area contributed by atoms with E-state index in [1.807, 2.05) is 13.8 Å². The van der Waals surface area contributed by atoms with Crippen LogP contribution in [0.3, 0.4) is 0 Å². The van der Waals surface area contributed by atoms with E-state index in [4.69, 9.17) is 4.74 Å². The van der Waals surface area contributed by atoms with Crippen LogP contribution in [0.5, 0.6) is 0 Å². The molecule has 158 valence electrons. The van der Waals surface area contributed by atoms with E-state index < -0.39 is 17.1 Å². The van der Waals surface area contributed by atoms with Gasteiger partial charge in [0.05, 0.1) is 6.61 Å². The van der Waals surface area contributed by atoms with E-state index >= 15 is 0 Å². The first kappa shape index (κ1) is 21.4. The molecule has 0 saturated heterocycles. The third-order valence-electron chi connectivity index (χ3n) is 4.71. The molecule has 0 aliphatic carbocycles. The minimum Gasteiger partial charge on any atom is -0.421 e. The zero-order valence-electron chi connectivity index (χ0n) is 16.6. The number of rotatable bonds is 7. The fraction of sp³-hybridized carbons (Fsp3) is 0.273. The molecule has 0 saturated carbocycles. The summed E-state index contributed by atoms with van der Waals surface area (Å²) in [5.74, 6) is -0.993. The van der Waals surface area contributed by atoms with E-state index in [9.17, 15) is 23.6 Å². The second kappa shape index (κ2) is 9.04. The molecule has 0 unspecified atom stereocenters. The molecule has 0 radical (unpaired) electrons. The number of halogens is 2. The van der Waals surface area contributed by atoms with E-state index in [1.54, 1.807) is 24.3 Å². The summed E-state index contributed by atoms with van der Waals surface area (Å²) in [5.41, 5.74) is 0.295. The molecule has 8 heteroatoms. The highest BCUT2D eigenvalue weighted by Crippen LogP contribution is 2.19. The molecule has 3 aromatic rings. The maximum Gasteiger partial charge on any atom is 0.366 e. The fourth-order valence-corrected chi connectivity index (χ4v) is 3.30. The van der Waals surface area contributed by atoms with Crippen LogP contribution in [0.4, 0.5) is 8.78 Å². The van der Waals surface area contributed by atoms with Crippen molar-refractivity contribution in [1.82, 2.24) is 9.30 Å². The first-order valence-electron chi connectivity index (χ1n) is 9.42. The van der Waals surface area contributed by atoms with Crippen LogP contribution in [0, 0.1) is 11.6 Å². The topological polar surface area (TPSA) is 73.5 Å². The van der Waals surface area contributed by atoms with Crippen molar-refractivity contribution in [2.24, 2.45) is 0 Å². The monoisotopic (exact) mass is 416 g/mol. The van der Waals surface area contributed by atoms with Crippen LogP contribution in [0.1, 0.15) is 42.1 Å². The highest BCUT2D eigenvalue weighted by Gasteiger charge is 2.21. The van der Waals surface area contributed by atoms with Crippen LogP contribution in [-0.4, -0.2) is 14.5 Å². The molecule has 0 bridgehead atoms. The summed E-state index contributed by atoms with van der Waals surface area (Å²) >= 11 is 0. The van der Waals surface area contributed by atoms with Crippen molar-refractivity contribution in [2.75, 3.05) is 0 Å². The van der Waals surface area contributed by atoms with Gasteiger partial charge in [0.1, 0.15) is 18.4 Å². The Labute approximate surface area is 171 Å². The van der Waals surface area contributed by atoms with Gasteiger partial charge in [0.15, 0.2) is 0 Å². The number of hydrogen-bond acceptors (Lipinski definition) is 4. The summed E-state index contributed by atoms with van der Waals surface area (Å²) in [4.78, 5) is 25.2. The van der Waals surface area contributed by atoms with Gasteiger partial charge in [0.2, 0.25) is 0 Å². The predicted octanol–water partition coefficient (Wildman–Crippen LogP) is 3.41. The summed E-state index contributed by atoms with van der Waals surface area (Å²) < 4.78 is 33.1. The minimum atomic E-state index is -0.911. The lowest BCUT2D eigenvalue weighted by Crippen LogP contribution is -2.43. The number of aromatic nitrogens is 2. The first-order chi connectivity index (χ1) is 14.3. The largest absolute Gasteiger partial charge is 0.421 e. The lowest BCUT2D eigenvalue weighted by Gasteiger charge is -2.20. The Morgan fingerprint density at radius 3 is 2.00 bits per heavy atom. The molecular weight excluding hydrogens is 394 g/mol. The molecule has 1 aromatic heterocycles. The van der Waals surface area contributed by atoms with Crippen molar-refractivity contribution in [3.8, 4) is 0 Å². The van der Waals surface area contributed by atoms with Gasteiger partial charge in [0.25, 0.3) is 5.56 Å². The molecule has 6 nitrogen and oxygen atoms in total. The third kappa shape index (κ3) is 4.65. The van der Waals surface area contributed by atoms with Gasteiger partial charge in [-0.05, 0) is 41.3 Å². The summed E-state index contributed by atoms with van der Waals surface area (Å²) in [6.45, 7) is 3.55. The van der Waals surface area contributed by atoms with Crippen molar-refractivity contribution in [3.05, 3.63) is 103 Å². The smallest absolute Gasteiger partial charge is 0.366 e. The van der Waals surface area contributed by atoms with Gasteiger partial charge in [-0.3, -0.25) is 9.36 Å². The van der Waals surface area contributed by atoms with Crippen molar-refractivity contribution in [2.45, 2.75) is 39.5 Å². The molecule has 1 heterocycles. The summed E-state index contributed by atoms with van der Waals surface area (Å²) in [5, 5.41) is 10.1. The van der Waals surface area contributed by atoms with Crippen LogP contribution in [-0.2, 0) is 24.5 Å². The van der Waals surface area contributed by atoms with Gasteiger partial charge in [-0.15, -0.1) is 0 Å². The molecule has 0 spiro atoms. The summed E-state index contributed by atoms with van der Waals surface area (Å²) in [7, 11) is 0. The van der Waals surface area contributed by atoms with E-state index in [1.165, 1.54) is 28.8 Å². The molecule has 0 fully saturated rings. The zero-order chi connectivity index (χ0) is 21.8. The Hall–Kier alpha value is -3.26. The van der Waals surface area contributed by atoms with Crippen molar-refractivity contribution in [1.29, 1.82) is 0 Å². The second-order valence-electron chi connectivity index (χ2n) is 7.25. The molecule has 0 aliphatic rings. The average Bonchev–Trinajstić information content (AvgIpc) is 2.72. The average molecular weight is 416 g/mol. The lowest BCUT2D eigenvalue weighted by molar-refractivity contribution is 0.0492. The van der Waals surface area contributed by atoms with Crippen LogP contribution in [0.2, 0.25) is 0 Å². The molecule has 0 aliphatic heterocycles. The van der Waals surface area contributed by atoms with Crippen molar-refractivity contribution in [3.63, 3.8) is 0 Å². The fourth-order valence-electron chi connectivity index (χ4n) is 3.30. The normalized spacial score (nSPS) is 11.2. The van der Waals surface area contributed by atoms with Gasteiger partial charge in [-0.2, -0.15) is 0 Å². The molecule has 0 atom stereocenters. The Kier molecular flexibility index (Phi) is 6.47. The SMILES string of the molecule is CC(C)c1c(Cc2ccc(F)cc2)c(=O)n(O)c(=O)n1COCc1ccc(F)cc1. The predicted molar refractivity (Wildman–Crippen MR) is 107 cm³/mol. The molecule has 0 amide bonds. The lowest BCUT2D eigenvalue weighted by atomic mass is 9.98. The summed E-state index contributed by atoms with van der Waals surface area (Å²) in [6, 6.07) is 11.4. The highest BCUT2D eigenvalue weighted by atomic mass is 19.1. The van der Waals surface area contributed by atoms with E-state index in [0.717, 1.165) is 0 Å². The number of nitrogens with zero attached hydrogens (tertiary/aromatic N) is 2. The second-order valence-corrected chi connectivity index (χ2v) is 7.25. The van der Waals surface area contributed by atoms with Crippen LogP contribution < -0.4 is 11.2 Å². The Balaban J connectivity index is 1.95. The van der Waals surface area contributed by atoms with Gasteiger partial charge in [0, 0.05) is 17.7 Å². The first-order valence-corrected chi connectivity index (χ1v) is 9.42. The number of hydrogen-bond donors (Lipinski definition) is 1. The molecule has 30 heavy (non-hydrogen) atoms. The maximum atomic E-state index is 13.2. The van der Waals surface area contributed by atoms with Gasteiger partial charge >= 0.3 is 5.69 Å². The van der Waals surface area contributed by atoms with Crippen LogP contribution >= 0.6 is 0 Å². The number of benzene rings is 2. The molecular formula is C22H22F2N2O4. The third-order valence-corrected chi connectivity index (χ3v) is 4.71. The Morgan fingerprint density at radius 2 is 1.47 bits per heavy atom. The maximum absolute atomic E-state index is 13.2. The molecule has 3 rings (SSSR count). The summed E-state index contributed by atoms with van der Waals surface area (Å²) in [6.07, 6.45) is 0.116. The van der Waals surface area contributed by atoms with E-state index in [0.29, 0.717) is 16.8 Å².